The van der Waals surface area contributed by atoms with E-state index >= 15 is 0 Å². The Morgan fingerprint density at radius 3 is 2.66 bits per heavy atom. The molecule has 0 unspecified atom stereocenters. The maximum absolute atomic E-state index is 12.9. The van der Waals surface area contributed by atoms with E-state index in [1.54, 1.807) is 0 Å². The highest BCUT2D eigenvalue weighted by Crippen LogP contribution is 2.34. The topological polar surface area (TPSA) is 67.2 Å². The van der Waals surface area contributed by atoms with Crippen LogP contribution in [0.4, 0.5) is 0 Å². The van der Waals surface area contributed by atoms with Crippen LogP contribution < -0.4 is 29.3 Å². The van der Waals surface area contributed by atoms with Gasteiger partial charge in [-0.1, -0.05) is 42.5 Å². The molecule has 1 saturated heterocycles. The van der Waals surface area contributed by atoms with Gasteiger partial charge in [-0.25, -0.2) is 0 Å². The lowest BCUT2D eigenvalue weighted by molar-refractivity contribution is -0.894. The Hall–Kier alpha value is -3.24. The maximum atomic E-state index is 12.9. The van der Waals surface area contributed by atoms with Gasteiger partial charge in [0.15, 0.2) is 0 Å². The highest BCUT2D eigenvalue weighted by molar-refractivity contribution is 6.17. The normalized spacial score (nSPS) is 16.6. The number of aromatic nitrogens is 2. The summed E-state index contributed by atoms with van der Waals surface area (Å²) < 4.78 is 3.10. The average Bonchev–Trinajstić information content (AvgIpc) is 3.40. The smallest absolute Gasteiger partial charge is 0.254 e. The van der Waals surface area contributed by atoms with Gasteiger partial charge in [0, 0.05) is 29.4 Å². The van der Waals surface area contributed by atoms with Gasteiger partial charge < -0.3 is 43.2 Å². The molecular formula is C30H32IN5O2. The zero-order valence-electron chi connectivity index (χ0n) is 22.0. The van der Waals surface area contributed by atoms with Gasteiger partial charge in [-0.05, 0) is 23.3 Å². The van der Waals surface area contributed by atoms with Crippen molar-refractivity contribution >= 4 is 45.6 Å². The number of likely N-dealkylation sites (N-methyl/N-ethyl adjacent to an activating group) is 1. The number of rotatable bonds is 4. The van der Waals surface area contributed by atoms with Gasteiger partial charge in [-0.2, -0.15) is 0 Å². The summed E-state index contributed by atoms with van der Waals surface area (Å²) in [5.74, 6) is 0.194. The van der Waals surface area contributed by atoms with Gasteiger partial charge in [0.1, 0.15) is 0 Å². The maximum Gasteiger partial charge on any atom is 0.254 e. The minimum atomic E-state index is -0.00391. The second-order valence-corrected chi connectivity index (χ2v) is 10.9. The average molecular weight is 622 g/mol. The zero-order valence-corrected chi connectivity index (χ0v) is 24.2. The van der Waals surface area contributed by atoms with Crippen molar-refractivity contribution in [1.29, 1.82) is 0 Å². The van der Waals surface area contributed by atoms with E-state index in [4.69, 9.17) is 0 Å². The fourth-order valence-electron chi connectivity index (χ4n) is 5.57. The highest BCUT2D eigenvalue weighted by Gasteiger charge is 2.28. The van der Waals surface area contributed by atoms with Crippen molar-refractivity contribution < 1.29 is 38.0 Å². The van der Waals surface area contributed by atoms with Crippen molar-refractivity contribution in [3.63, 3.8) is 0 Å². The standard InChI is InChI=1S/C30H31N5O2.HI/c1-33-26-19-32-30(37)28(26)24-10-8-22-18-31-23(17-25(22)29(24)33)9-7-20-5-4-6-21(15-20)16-27(36)34-11-13-35(2,3)14-12-34;/h4-10,15,17-18H,11-14,16,19H2,1-3H3;1H/b9-7+;. The van der Waals surface area contributed by atoms with E-state index in [-0.39, 0.29) is 35.8 Å². The summed E-state index contributed by atoms with van der Waals surface area (Å²) in [6.07, 6.45) is 6.36. The number of quaternary nitrogens is 1. The summed E-state index contributed by atoms with van der Waals surface area (Å²) in [6, 6.07) is 14.3. The van der Waals surface area contributed by atoms with Crippen molar-refractivity contribution in [2.45, 2.75) is 13.0 Å². The van der Waals surface area contributed by atoms with Crippen LogP contribution in [-0.2, 0) is 24.8 Å². The molecular weight excluding hydrogens is 589 g/mol. The fourth-order valence-corrected chi connectivity index (χ4v) is 5.57. The van der Waals surface area contributed by atoms with Crippen molar-refractivity contribution in [3.05, 3.63) is 76.7 Å². The molecule has 7 nitrogen and oxygen atoms in total. The number of benzene rings is 2. The van der Waals surface area contributed by atoms with Crippen molar-refractivity contribution in [2.75, 3.05) is 40.3 Å². The summed E-state index contributed by atoms with van der Waals surface area (Å²) in [7, 11) is 6.46. The molecule has 0 spiro atoms. The first-order chi connectivity index (χ1) is 17.8. The number of hydrogen-bond acceptors (Lipinski definition) is 3. The zero-order chi connectivity index (χ0) is 25.7. The first kappa shape index (κ1) is 26.4. The molecule has 2 aromatic carbocycles. The predicted octanol–water partition coefficient (Wildman–Crippen LogP) is 0.605. The summed E-state index contributed by atoms with van der Waals surface area (Å²) in [4.78, 5) is 31.9. The molecule has 0 aliphatic carbocycles. The molecule has 38 heavy (non-hydrogen) atoms. The lowest BCUT2D eigenvalue weighted by Crippen LogP contribution is -3.00. The molecule has 0 radical (unpaired) electrons. The minimum Gasteiger partial charge on any atom is -1.00 e. The molecule has 1 fully saturated rings. The first-order valence-electron chi connectivity index (χ1n) is 12.8. The molecule has 0 bridgehead atoms. The largest absolute Gasteiger partial charge is 1.00 e. The van der Waals surface area contributed by atoms with Gasteiger partial charge in [-0.15, -0.1) is 0 Å². The van der Waals surface area contributed by atoms with Gasteiger partial charge in [-0.3, -0.25) is 14.6 Å². The first-order valence-corrected chi connectivity index (χ1v) is 12.8. The van der Waals surface area contributed by atoms with Gasteiger partial charge in [0.25, 0.3) is 5.91 Å². The number of carbonyl (C=O) groups is 2. The monoisotopic (exact) mass is 621 g/mol. The van der Waals surface area contributed by atoms with E-state index in [0.717, 1.165) is 80.4 Å². The number of hydrogen-bond donors (Lipinski definition) is 1. The number of aryl methyl sites for hydroxylation is 1. The quantitative estimate of drug-likeness (QED) is 0.269. The minimum absolute atomic E-state index is 0. The van der Waals surface area contributed by atoms with Crippen LogP contribution >= 0.6 is 0 Å². The molecule has 0 atom stereocenters. The Morgan fingerprint density at radius 2 is 1.87 bits per heavy atom. The molecule has 4 heterocycles. The number of piperazine rings is 1. The Labute approximate surface area is 239 Å². The van der Waals surface area contributed by atoms with Gasteiger partial charge >= 0.3 is 0 Å². The molecule has 2 aliphatic heterocycles. The highest BCUT2D eigenvalue weighted by atomic mass is 127. The van der Waals surface area contributed by atoms with E-state index in [9.17, 15) is 9.59 Å². The fraction of sp³-hybridized carbons (Fsp3) is 0.300. The number of pyridine rings is 1. The summed E-state index contributed by atoms with van der Waals surface area (Å²) >= 11 is 0. The van der Waals surface area contributed by atoms with Gasteiger partial charge in [0.2, 0.25) is 5.91 Å². The van der Waals surface area contributed by atoms with Gasteiger partial charge in [0.05, 0.1) is 75.7 Å². The SMILES string of the molecule is Cn1c2c(c3ccc4cnc(/C=C/c5cccc(CC(=O)N6CC[N+](C)(C)CC6)c5)cc4c31)C(=O)NC2.[I-]. The Kier molecular flexibility index (Phi) is 7.04. The van der Waals surface area contributed by atoms with Crippen LogP contribution in [0.2, 0.25) is 0 Å². The van der Waals surface area contributed by atoms with Crippen LogP contribution in [0.3, 0.4) is 0 Å². The molecule has 2 aliphatic rings. The van der Waals surface area contributed by atoms with Crippen LogP contribution in [0, 0.1) is 0 Å². The second-order valence-electron chi connectivity index (χ2n) is 10.9. The molecule has 2 aromatic heterocycles. The van der Waals surface area contributed by atoms with E-state index in [1.165, 1.54) is 0 Å². The Bertz CT molecular complexity index is 1590. The number of halogens is 1. The molecule has 1 N–H and O–H groups in total. The summed E-state index contributed by atoms with van der Waals surface area (Å²) in [6.45, 7) is 4.20. The van der Waals surface area contributed by atoms with Crippen LogP contribution in [0.1, 0.15) is 32.9 Å². The third-order valence-electron chi connectivity index (χ3n) is 7.89. The molecule has 2 amide bonds. The lowest BCUT2D eigenvalue weighted by Gasteiger charge is -2.39. The molecule has 196 valence electrons. The molecule has 0 saturated carbocycles. The number of amides is 2. The van der Waals surface area contributed by atoms with Crippen molar-refractivity contribution in [3.8, 4) is 0 Å². The van der Waals surface area contributed by atoms with Crippen LogP contribution in [0.15, 0.2) is 48.7 Å². The third kappa shape index (κ3) is 4.82. The summed E-state index contributed by atoms with van der Waals surface area (Å²) in [5.41, 5.74) is 5.79. The number of fused-ring (bicyclic) bond motifs is 5. The second kappa shape index (κ2) is 10.1. The summed E-state index contributed by atoms with van der Waals surface area (Å²) in [5, 5.41) is 6.04. The lowest BCUT2D eigenvalue weighted by atomic mass is 10.0. The number of carbonyl (C=O) groups excluding carboxylic acids is 2. The number of nitrogens with one attached hydrogen (secondary N) is 1. The third-order valence-corrected chi connectivity index (χ3v) is 7.89. The predicted molar refractivity (Wildman–Crippen MR) is 147 cm³/mol. The Morgan fingerprint density at radius 1 is 1.08 bits per heavy atom. The molecule has 8 heteroatoms. The van der Waals surface area contributed by atoms with Crippen molar-refractivity contribution in [1.82, 2.24) is 19.8 Å². The van der Waals surface area contributed by atoms with Crippen molar-refractivity contribution in [2.24, 2.45) is 7.05 Å². The van der Waals surface area contributed by atoms with E-state index in [1.807, 2.05) is 60.6 Å². The van der Waals surface area contributed by atoms with E-state index in [2.05, 4.69) is 41.1 Å². The van der Waals surface area contributed by atoms with E-state index in [0.29, 0.717) is 13.0 Å². The number of nitrogens with zero attached hydrogens (tertiary/aromatic N) is 4. The Balaban J connectivity index is 0.00000294. The molecule has 4 aromatic rings. The van der Waals surface area contributed by atoms with Crippen LogP contribution in [0.5, 0.6) is 0 Å². The van der Waals surface area contributed by atoms with Crippen LogP contribution in [0.25, 0.3) is 33.8 Å². The van der Waals surface area contributed by atoms with E-state index < -0.39 is 0 Å². The molecule has 6 rings (SSSR count). The van der Waals surface area contributed by atoms with Crippen LogP contribution in [-0.4, -0.2) is 71.0 Å².